The molecule has 0 spiro atoms. The molecule has 0 saturated carbocycles. The van der Waals surface area contributed by atoms with Crippen molar-refractivity contribution in [2.24, 2.45) is 0 Å². The zero-order valence-corrected chi connectivity index (χ0v) is 19.9. The second-order valence-electron chi connectivity index (χ2n) is 3.62. The van der Waals surface area contributed by atoms with Crippen molar-refractivity contribution in [2.75, 3.05) is 5.75 Å². The van der Waals surface area contributed by atoms with Gasteiger partial charge in [-0.2, -0.15) is 12.6 Å². The standard InChI is InChI=1S/C9H13N3O3S.2Ac/c10-7-1-2-12(9(14)11-7)8-3-5(13)6(4-16)15-8;;/h1-2,5-6,8,13H,3-4H2,(H3,10,11,14,16);;/p-1. The molecule has 9 heteroatoms. The number of nitrogens with one attached hydrogen (secondary N) is 1. The normalized spacial score (nSPS) is 26.2. The van der Waals surface area contributed by atoms with Crippen LogP contribution < -0.4 is 5.69 Å². The molecule has 0 amide bonds. The van der Waals surface area contributed by atoms with E-state index in [0.29, 0.717) is 12.2 Å². The van der Waals surface area contributed by atoms with Crippen molar-refractivity contribution in [2.45, 2.75) is 24.9 Å². The van der Waals surface area contributed by atoms with Crippen molar-refractivity contribution < 1.29 is 98.0 Å². The van der Waals surface area contributed by atoms with Crippen LogP contribution in [-0.2, 0) is 4.74 Å². The van der Waals surface area contributed by atoms with Gasteiger partial charge >= 0.3 is 0 Å². The van der Waals surface area contributed by atoms with Crippen molar-refractivity contribution in [3.8, 4) is 0 Å². The maximum Gasteiger partial charge on any atom is 0.248 e. The van der Waals surface area contributed by atoms with E-state index in [1.165, 1.54) is 16.8 Å². The van der Waals surface area contributed by atoms with Crippen LogP contribution in [0.2, 0.25) is 0 Å². The van der Waals surface area contributed by atoms with Gasteiger partial charge in [0, 0.05) is 106 Å². The topological polar surface area (TPSA) is 88.1 Å². The molecule has 3 unspecified atom stereocenters. The van der Waals surface area contributed by atoms with Crippen LogP contribution in [0.5, 0.6) is 0 Å². The summed E-state index contributed by atoms with van der Waals surface area (Å²) in [7, 11) is 0. The number of hydrogen-bond donors (Lipinski definition) is 2. The van der Waals surface area contributed by atoms with E-state index in [-0.39, 0.29) is 100 Å². The fourth-order valence-corrected chi connectivity index (χ4v) is 2.01. The minimum Gasteiger partial charge on any atom is -0.482 e. The average molecular weight is 696 g/mol. The minimum atomic E-state index is -0.620. The van der Waals surface area contributed by atoms with E-state index in [4.69, 9.17) is 10.5 Å². The quantitative estimate of drug-likeness (QED) is 0.442. The summed E-state index contributed by atoms with van der Waals surface area (Å²) in [6.45, 7) is 0. The van der Waals surface area contributed by atoms with E-state index in [9.17, 15) is 9.90 Å². The minimum absolute atomic E-state index is 0. The number of nitrogens with zero attached hydrogens (tertiary/aromatic N) is 2. The van der Waals surface area contributed by atoms with Crippen LogP contribution >= 0.6 is 12.6 Å². The number of hydrogen-bond acceptors (Lipinski definition) is 5. The number of aliphatic hydroxyl groups excluding tert-OH is 1. The summed E-state index contributed by atoms with van der Waals surface area (Å²) in [5.74, 6) is 0.321. The van der Waals surface area contributed by atoms with E-state index in [0.717, 1.165) is 0 Å². The number of ether oxygens (including phenoxy) is 1. The van der Waals surface area contributed by atoms with E-state index >= 15 is 0 Å². The average Bonchev–Trinajstić information content (AvgIpc) is 2.59. The molecule has 1 aromatic rings. The Hall–Kier alpha value is 1.83. The summed E-state index contributed by atoms with van der Waals surface area (Å²) < 4.78 is 6.75. The summed E-state index contributed by atoms with van der Waals surface area (Å²) in [6.07, 6.45) is 0.286. The van der Waals surface area contributed by atoms with Crippen molar-refractivity contribution in [1.82, 2.24) is 9.55 Å². The molecular formula is C9H12Ac2N3O3S-. The second-order valence-corrected chi connectivity index (χ2v) is 3.98. The second kappa shape index (κ2) is 8.97. The van der Waals surface area contributed by atoms with E-state index < -0.39 is 18.0 Å². The first-order valence-corrected chi connectivity index (χ1v) is 5.50. The molecule has 1 fully saturated rings. The van der Waals surface area contributed by atoms with Crippen LogP contribution in [0.3, 0.4) is 0 Å². The van der Waals surface area contributed by atoms with Gasteiger partial charge in [0.2, 0.25) is 5.69 Å². The monoisotopic (exact) mass is 696 g/mol. The first kappa shape index (κ1) is 19.8. The molecule has 94 valence electrons. The Morgan fingerprint density at radius 1 is 1.61 bits per heavy atom. The van der Waals surface area contributed by atoms with Crippen LogP contribution in [-0.4, -0.2) is 32.6 Å². The third-order valence-corrected chi connectivity index (χ3v) is 2.88. The Morgan fingerprint density at radius 2 is 2.28 bits per heavy atom. The summed E-state index contributed by atoms with van der Waals surface area (Å²) >= 11 is 4.05. The summed E-state index contributed by atoms with van der Waals surface area (Å²) in [5, 5.41) is 9.62. The molecule has 3 atom stereocenters. The number of aliphatic hydroxyl groups is 1. The predicted octanol–water partition coefficient (Wildman–Crippen LogP) is 0.505. The molecule has 1 saturated heterocycles. The molecule has 0 aliphatic carbocycles. The van der Waals surface area contributed by atoms with Gasteiger partial charge < -0.3 is 20.6 Å². The van der Waals surface area contributed by atoms with Gasteiger partial charge in [-0.25, -0.2) is 0 Å². The smallest absolute Gasteiger partial charge is 0.248 e. The van der Waals surface area contributed by atoms with Gasteiger partial charge in [0.15, 0.2) is 0 Å². The van der Waals surface area contributed by atoms with E-state index in [2.05, 4.69) is 17.6 Å². The molecule has 2 N–H and O–H groups in total. The van der Waals surface area contributed by atoms with Crippen molar-refractivity contribution >= 4 is 18.4 Å². The third-order valence-electron chi connectivity index (χ3n) is 2.52. The summed E-state index contributed by atoms with van der Waals surface area (Å²) in [6, 6.07) is 1.41. The van der Waals surface area contributed by atoms with Gasteiger partial charge in [-0.15, -0.1) is 0 Å². The van der Waals surface area contributed by atoms with Gasteiger partial charge in [-0.1, -0.05) is 5.82 Å². The van der Waals surface area contributed by atoms with Crippen LogP contribution in [0.25, 0.3) is 5.73 Å². The molecule has 0 bridgehead atoms. The fraction of sp³-hybridized carbons (Fsp3) is 0.556. The third kappa shape index (κ3) is 4.69. The summed E-state index contributed by atoms with van der Waals surface area (Å²) in [5.41, 5.74) is 6.65. The van der Waals surface area contributed by atoms with Crippen LogP contribution in [0.4, 0.5) is 5.82 Å². The molecule has 2 radical (unpaired) electrons. The van der Waals surface area contributed by atoms with Crippen LogP contribution in [0.15, 0.2) is 17.1 Å². The molecule has 1 aliphatic heterocycles. The van der Waals surface area contributed by atoms with E-state index in [1.807, 2.05) is 0 Å². The Bertz CT molecular complexity index is 445. The van der Waals surface area contributed by atoms with Crippen LogP contribution in [0.1, 0.15) is 12.6 Å². The van der Waals surface area contributed by atoms with Gasteiger partial charge in [0.05, 0.1) is 12.2 Å². The fourth-order valence-electron chi connectivity index (χ4n) is 1.68. The number of thiol groups is 1. The van der Waals surface area contributed by atoms with Crippen molar-refractivity contribution in [3.63, 3.8) is 0 Å². The molecule has 2 heterocycles. The molecule has 18 heavy (non-hydrogen) atoms. The Labute approximate surface area is 182 Å². The maximum absolute atomic E-state index is 11.5. The largest absolute Gasteiger partial charge is 0.482 e. The van der Waals surface area contributed by atoms with Gasteiger partial charge in [0.25, 0.3) is 0 Å². The van der Waals surface area contributed by atoms with Crippen molar-refractivity contribution in [3.05, 3.63) is 28.5 Å². The Morgan fingerprint density at radius 3 is 2.78 bits per heavy atom. The van der Waals surface area contributed by atoms with E-state index in [1.54, 1.807) is 0 Å². The van der Waals surface area contributed by atoms with Crippen LogP contribution in [0, 0.1) is 88.1 Å². The van der Waals surface area contributed by atoms with Gasteiger partial charge in [-0.3, -0.25) is 9.36 Å². The van der Waals surface area contributed by atoms with Crippen molar-refractivity contribution in [1.29, 1.82) is 0 Å². The maximum atomic E-state index is 11.5. The molecule has 1 aliphatic rings. The molecule has 6 nitrogen and oxygen atoms in total. The number of rotatable bonds is 2. The summed E-state index contributed by atoms with van der Waals surface area (Å²) in [4.78, 5) is 15.0. The van der Waals surface area contributed by atoms with Gasteiger partial charge in [-0.05, 0) is 6.07 Å². The molecule has 1 aromatic heterocycles. The SMILES string of the molecule is [Ac].[Ac].[NH-]c1ccn(C2CC(O)C(CS)O2)c(=O)n1. The Kier molecular flexibility index (Phi) is 9.89. The zero-order valence-electron chi connectivity index (χ0n) is 9.56. The van der Waals surface area contributed by atoms with Gasteiger partial charge in [0.1, 0.15) is 6.23 Å². The first-order valence-electron chi connectivity index (χ1n) is 4.87. The molecule has 2 rings (SSSR count). The zero-order chi connectivity index (χ0) is 11.7. The Balaban J connectivity index is 0.00000144. The predicted molar refractivity (Wildman–Crippen MR) is 60.9 cm³/mol. The molecular weight excluding hydrogens is 684 g/mol. The first-order chi connectivity index (χ1) is 7.61. The number of aromatic nitrogens is 2. The molecule has 0 aromatic carbocycles.